The molecule has 0 aliphatic carbocycles. The Morgan fingerprint density at radius 3 is 2.28 bits per heavy atom. The Morgan fingerprint density at radius 1 is 1.00 bits per heavy atom. The van der Waals surface area contributed by atoms with Gasteiger partial charge >= 0.3 is 0 Å². The molecule has 1 aliphatic heterocycles. The molecule has 0 fully saturated rings. The van der Waals surface area contributed by atoms with Crippen molar-refractivity contribution in [1.82, 2.24) is 0 Å². The molecule has 2 aromatic carbocycles. The van der Waals surface area contributed by atoms with Crippen LogP contribution in [0.5, 0.6) is 0 Å². The van der Waals surface area contributed by atoms with Gasteiger partial charge in [0.25, 0.3) is 11.8 Å². The molecular formula is C19H16Cl2N2O2. The van der Waals surface area contributed by atoms with Gasteiger partial charge in [-0.15, -0.1) is 0 Å². The van der Waals surface area contributed by atoms with Crippen molar-refractivity contribution < 1.29 is 9.59 Å². The molecule has 0 spiro atoms. The zero-order valence-electron chi connectivity index (χ0n) is 13.8. The number of benzene rings is 2. The number of likely N-dealkylation sites (N-methyl/N-ethyl adjacent to an activating group) is 1. The topological polar surface area (TPSA) is 40.6 Å². The number of amides is 2. The molecule has 0 saturated heterocycles. The maximum atomic E-state index is 13.0. The van der Waals surface area contributed by atoms with Gasteiger partial charge in [0.1, 0.15) is 10.7 Å². The third kappa shape index (κ3) is 3.03. The predicted molar refractivity (Wildman–Crippen MR) is 101 cm³/mol. The lowest BCUT2D eigenvalue weighted by molar-refractivity contribution is -0.120. The predicted octanol–water partition coefficient (Wildman–Crippen LogP) is 4.50. The highest BCUT2D eigenvalue weighted by Crippen LogP contribution is 2.35. The highest BCUT2D eigenvalue weighted by Gasteiger charge is 2.41. The summed E-state index contributed by atoms with van der Waals surface area (Å²) in [5.41, 5.74) is 2.20. The molecule has 0 aromatic heterocycles. The Hall–Kier alpha value is -2.30. The van der Waals surface area contributed by atoms with Crippen LogP contribution in [-0.2, 0) is 9.59 Å². The number of hydrogen-bond donors (Lipinski definition) is 0. The number of halogens is 2. The number of nitrogens with zero attached hydrogens (tertiary/aromatic N) is 2. The van der Waals surface area contributed by atoms with Gasteiger partial charge in [-0.25, -0.2) is 4.90 Å². The molecule has 2 amide bonds. The molecule has 4 nitrogen and oxygen atoms in total. The van der Waals surface area contributed by atoms with Gasteiger partial charge in [0, 0.05) is 17.3 Å². The Labute approximate surface area is 156 Å². The van der Waals surface area contributed by atoms with E-state index in [1.807, 2.05) is 37.3 Å². The van der Waals surface area contributed by atoms with E-state index in [1.165, 1.54) is 0 Å². The standard InChI is InChI=1S/C19H16Cl2N2O2/c1-3-22(14-7-5-4-6-8-14)17-16(21)18(24)23(19(17)25)15-10-9-13(20)11-12(15)2/h4-11H,3H2,1-2H3. The Balaban J connectivity index is 2.05. The third-order valence-corrected chi connectivity index (χ3v) is 4.63. The van der Waals surface area contributed by atoms with E-state index in [4.69, 9.17) is 23.2 Å². The zero-order valence-corrected chi connectivity index (χ0v) is 15.3. The number of carbonyl (C=O) groups excluding carboxylic acids is 2. The number of imide groups is 1. The van der Waals surface area contributed by atoms with Crippen LogP contribution in [0.2, 0.25) is 5.02 Å². The van der Waals surface area contributed by atoms with Crippen LogP contribution >= 0.6 is 23.2 Å². The summed E-state index contributed by atoms with van der Waals surface area (Å²) in [6, 6.07) is 14.4. The molecule has 128 valence electrons. The van der Waals surface area contributed by atoms with E-state index < -0.39 is 11.8 Å². The minimum absolute atomic E-state index is 0.0787. The van der Waals surface area contributed by atoms with E-state index in [-0.39, 0.29) is 10.7 Å². The van der Waals surface area contributed by atoms with E-state index in [9.17, 15) is 9.59 Å². The normalized spacial score (nSPS) is 14.5. The van der Waals surface area contributed by atoms with E-state index in [0.29, 0.717) is 17.3 Å². The van der Waals surface area contributed by atoms with E-state index in [1.54, 1.807) is 30.0 Å². The Morgan fingerprint density at radius 2 is 1.68 bits per heavy atom. The van der Waals surface area contributed by atoms with Crippen molar-refractivity contribution in [2.75, 3.05) is 16.3 Å². The summed E-state index contributed by atoms with van der Waals surface area (Å²) in [5, 5.41) is 0.462. The molecule has 25 heavy (non-hydrogen) atoms. The largest absolute Gasteiger partial charge is 0.336 e. The van der Waals surface area contributed by atoms with Crippen LogP contribution in [-0.4, -0.2) is 18.4 Å². The van der Waals surface area contributed by atoms with Gasteiger partial charge in [0.2, 0.25) is 0 Å². The molecule has 0 N–H and O–H groups in total. The first-order valence-electron chi connectivity index (χ1n) is 7.83. The highest BCUT2D eigenvalue weighted by atomic mass is 35.5. The molecule has 1 aliphatic rings. The van der Waals surface area contributed by atoms with Crippen molar-refractivity contribution in [1.29, 1.82) is 0 Å². The first-order chi connectivity index (χ1) is 12.0. The van der Waals surface area contributed by atoms with Gasteiger partial charge in [-0.3, -0.25) is 9.59 Å². The summed E-state index contributed by atoms with van der Waals surface area (Å²) < 4.78 is 0. The fourth-order valence-electron chi connectivity index (χ4n) is 2.89. The van der Waals surface area contributed by atoms with Crippen LogP contribution in [0, 0.1) is 6.92 Å². The highest BCUT2D eigenvalue weighted by molar-refractivity contribution is 6.53. The van der Waals surface area contributed by atoms with Crippen LogP contribution in [0.4, 0.5) is 11.4 Å². The van der Waals surface area contributed by atoms with Crippen molar-refractivity contribution in [2.24, 2.45) is 0 Å². The zero-order chi connectivity index (χ0) is 18.1. The lowest BCUT2D eigenvalue weighted by Gasteiger charge is -2.24. The number of para-hydroxylation sites is 1. The maximum Gasteiger partial charge on any atom is 0.283 e. The average molecular weight is 375 g/mol. The fourth-order valence-corrected chi connectivity index (χ4v) is 3.39. The molecule has 2 aromatic rings. The summed E-state index contributed by atoms with van der Waals surface area (Å²) in [6.45, 7) is 4.20. The third-order valence-electron chi connectivity index (χ3n) is 4.06. The van der Waals surface area contributed by atoms with Crippen LogP contribution in [0.1, 0.15) is 12.5 Å². The molecule has 0 saturated carbocycles. The van der Waals surface area contributed by atoms with Crippen LogP contribution < -0.4 is 9.80 Å². The van der Waals surface area contributed by atoms with Gasteiger partial charge in [-0.2, -0.15) is 0 Å². The molecular weight excluding hydrogens is 359 g/mol. The minimum atomic E-state index is -0.526. The first kappa shape index (κ1) is 17.5. The lowest BCUT2D eigenvalue weighted by Crippen LogP contribution is -2.35. The SMILES string of the molecule is CCN(C1=C(Cl)C(=O)N(c2ccc(Cl)cc2C)C1=O)c1ccccc1. The molecule has 3 rings (SSSR count). The van der Waals surface area contributed by atoms with Crippen molar-refractivity contribution >= 4 is 46.4 Å². The first-order valence-corrected chi connectivity index (χ1v) is 8.58. The Bertz CT molecular complexity index is 878. The lowest BCUT2D eigenvalue weighted by atomic mass is 10.2. The monoisotopic (exact) mass is 374 g/mol. The Kier molecular flexibility index (Phi) is 4.84. The second-order valence-electron chi connectivity index (χ2n) is 5.62. The molecule has 0 atom stereocenters. The summed E-state index contributed by atoms with van der Waals surface area (Å²) in [4.78, 5) is 28.5. The molecule has 6 heteroatoms. The van der Waals surface area contributed by atoms with Crippen LogP contribution in [0.15, 0.2) is 59.3 Å². The van der Waals surface area contributed by atoms with Gasteiger partial charge in [-0.05, 0) is 49.7 Å². The van der Waals surface area contributed by atoms with Gasteiger partial charge < -0.3 is 4.90 Å². The van der Waals surface area contributed by atoms with E-state index in [0.717, 1.165) is 16.2 Å². The van der Waals surface area contributed by atoms with Gasteiger partial charge in [0.05, 0.1) is 5.69 Å². The average Bonchev–Trinajstić information content (AvgIpc) is 2.81. The quantitative estimate of drug-likeness (QED) is 0.739. The maximum absolute atomic E-state index is 13.0. The summed E-state index contributed by atoms with van der Waals surface area (Å²) in [6.07, 6.45) is 0. The number of aryl methyl sites for hydroxylation is 1. The fraction of sp³-hybridized carbons (Fsp3) is 0.158. The van der Waals surface area contributed by atoms with E-state index in [2.05, 4.69) is 0 Å². The summed E-state index contributed by atoms with van der Waals surface area (Å²) >= 11 is 12.2. The number of anilines is 2. The van der Waals surface area contributed by atoms with Crippen molar-refractivity contribution in [3.63, 3.8) is 0 Å². The summed E-state index contributed by atoms with van der Waals surface area (Å²) in [5.74, 6) is -0.965. The van der Waals surface area contributed by atoms with Crippen LogP contribution in [0.3, 0.4) is 0 Å². The van der Waals surface area contributed by atoms with E-state index >= 15 is 0 Å². The molecule has 0 bridgehead atoms. The van der Waals surface area contributed by atoms with Crippen molar-refractivity contribution in [3.8, 4) is 0 Å². The summed E-state index contributed by atoms with van der Waals surface area (Å²) in [7, 11) is 0. The van der Waals surface area contributed by atoms with Crippen molar-refractivity contribution in [3.05, 3.63) is 69.8 Å². The number of rotatable bonds is 4. The molecule has 0 unspecified atom stereocenters. The van der Waals surface area contributed by atoms with Gasteiger partial charge in [-0.1, -0.05) is 41.4 Å². The van der Waals surface area contributed by atoms with Gasteiger partial charge in [0.15, 0.2) is 0 Å². The smallest absolute Gasteiger partial charge is 0.283 e. The number of hydrogen-bond acceptors (Lipinski definition) is 3. The number of carbonyl (C=O) groups is 2. The minimum Gasteiger partial charge on any atom is -0.336 e. The molecule has 1 heterocycles. The van der Waals surface area contributed by atoms with Crippen molar-refractivity contribution in [2.45, 2.75) is 13.8 Å². The second-order valence-corrected chi connectivity index (χ2v) is 6.43. The second kappa shape index (κ2) is 6.90. The van der Waals surface area contributed by atoms with Crippen LogP contribution in [0.25, 0.3) is 0 Å². The molecule has 0 radical (unpaired) electrons.